The average molecular weight is 443 g/mol. The molecule has 30 heavy (non-hydrogen) atoms. The van der Waals surface area contributed by atoms with E-state index in [4.69, 9.17) is 16.6 Å². The summed E-state index contributed by atoms with van der Waals surface area (Å²) < 4.78 is 0. The molecule has 0 bridgehead atoms. The van der Waals surface area contributed by atoms with Gasteiger partial charge in [-0.2, -0.15) is 12.6 Å². The molecule has 0 aliphatic heterocycles. The van der Waals surface area contributed by atoms with E-state index in [-0.39, 0.29) is 12.2 Å². The summed E-state index contributed by atoms with van der Waals surface area (Å²) in [6.07, 6.45) is 2.40. The lowest BCUT2D eigenvalue weighted by atomic mass is 10.1. The second kappa shape index (κ2) is 11.8. The topological polar surface area (TPSA) is 222 Å². The number of aliphatic carboxylic acids is 1. The van der Waals surface area contributed by atoms with Crippen LogP contribution in [0.1, 0.15) is 19.0 Å². The standard InChI is InChI=1S/C16H25N7O6S/c1-7(21-14(26)9(17)3-12(18)24)13(25)22-10(2-8-4-19-6-20-8)15(27)23-11(5-30)16(28)29/h4,6-7,9-11,30H,2-3,5,17H2,1H3,(H2,18,24)(H,19,20)(H,21,26)(H,22,25)(H,23,27)(H,28,29). The molecule has 0 aromatic carbocycles. The zero-order valence-electron chi connectivity index (χ0n) is 16.1. The molecule has 1 heterocycles. The minimum Gasteiger partial charge on any atom is -0.480 e. The molecule has 4 amide bonds. The molecule has 14 heteroatoms. The molecule has 0 radical (unpaired) electrons. The van der Waals surface area contributed by atoms with Crippen LogP contribution in [0.3, 0.4) is 0 Å². The van der Waals surface area contributed by atoms with E-state index < -0.39 is 60.2 Å². The maximum absolute atomic E-state index is 12.5. The van der Waals surface area contributed by atoms with Gasteiger partial charge in [0.1, 0.15) is 18.1 Å². The van der Waals surface area contributed by atoms with E-state index in [1.165, 1.54) is 19.4 Å². The van der Waals surface area contributed by atoms with Gasteiger partial charge in [-0.05, 0) is 6.92 Å². The molecule has 166 valence electrons. The maximum atomic E-state index is 12.5. The summed E-state index contributed by atoms with van der Waals surface area (Å²) in [7, 11) is 0. The molecule has 0 spiro atoms. The van der Waals surface area contributed by atoms with E-state index in [0.29, 0.717) is 5.69 Å². The summed E-state index contributed by atoms with van der Waals surface area (Å²) in [6.45, 7) is 1.35. The number of nitrogens with two attached hydrogens (primary N) is 2. The number of carbonyl (C=O) groups is 5. The molecule has 0 fully saturated rings. The average Bonchev–Trinajstić information content (AvgIpc) is 3.17. The number of nitrogens with zero attached hydrogens (tertiary/aromatic N) is 1. The van der Waals surface area contributed by atoms with Crippen molar-refractivity contribution in [3.05, 3.63) is 18.2 Å². The van der Waals surface area contributed by atoms with E-state index >= 15 is 0 Å². The van der Waals surface area contributed by atoms with E-state index in [2.05, 4.69) is 38.5 Å². The third kappa shape index (κ3) is 8.08. The highest BCUT2D eigenvalue weighted by atomic mass is 32.1. The Balaban J connectivity index is 2.82. The Morgan fingerprint density at radius 1 is 1.13 bits per heavy atom. The fourth-order valence-electron chi connectivity index (χ4n) is 2.28. The van der Waals surface area contributed by atoms with Crippen LogP contribution < -0.4 is 27.4 Å². The fourth-order valence-corrected chi connectivity index (χ4v) is 2.52. The van der Waals surface area contributed by atoms with E-state index in [1.807, 2.05) is 0 Å². The van der Waals surface area contributed by atoms with Gasteiger partial charge in [0.15, 0.2) is 0 Å². The second-order valence-electron chi connectivity index (χ2n) is 6.43. The molecule has 1 rings (SSSR count). The monoisotopic (exact) mass is 443 g/mol. The van der Waals surface area contributed by atoms with Crippen LogP contribution in [0.4, 0.5) is 0 Å². The number of hydrogen-bond acceptors (Lipinski definition) is 8. The Morgan fingerprint density at radius 3 is 2.27 bits per heavy atom. The number of aromatic nitrogens is 2. The number of carbonyl (C=O) groups excluding carboxylic acids is 4. The lowest BCUT2D eigenvalue weighted by Crippen LogP contribution is -2.57. The van der Waals surface area contributed by atoms with Gasteiger partial charge in [0, 0.05) is 24.1 Å². The molecule has 13 nitrogen and oxygen atoms in total. The highest BCUT2D eigenvalue weighted by Crippen LogP contribution is 2.02. The van der Waals surface area contributed by atoms with Gasteiger partial charge in [0.25, 0.3) is 0 Å². The van der Waals surface area contributed by atoms with Crippen molar-refractivity contribution in [3.8, 4) is 0 Å². The number of primary amides is 1. The van der Waals surface area contributed by atoms with Gasteiger partial charge >= 0.3 is 5.97 Å². The van der Waals surface area contributed by atoms with E-state index in [1.54, 1.807) is 0 Å². The summed E-state index contributed by atoms with van der Waals surface area (Å²) in [5, 5.41) is 16.1. The van der Waals surface area contributed by atoms with Gasteiger partial charge in [-0.3, -0.25) is 19.2 Å². The molecular weight excluding hydrogens is 418 g/mol. The van der Waals surface area contributed by atoms with Crippen molar-refractivity contribution in [1.29, 1.82) is 0 Å². The van der Waals surface area contributed by atoms with Crippen molar-refractivity contribution >= 4 is 42.2 Å². The minimum absolute atomic E-state index is 0.0155. The van der Waals surface area contributed by atoms with Crippen molar-refractivity contribution < 1.29 is 29.1 Å². The third-order valence-electron chi connectivity index (χ3n) is 3.92. The number of nitrogens with one attached hydrogen (secondary N) is 4. The van der Waals surface area contributed by atoms with Crippen LogP contribution in [-0.4, -0.2) is 74.6 Å². The Labute approximate surface area is 177 Å². The molecule has 0 aliphatic carbocycles. The number of hydrogen-bond donors (Lipinski definition) is 8. The first-order valence-corrected chi connectivity index (χ1v) is 9.44. The number of H-pyrrole nitrogens is 1. The van der Waals surface area contributed by atoms with Gasteiger partial charge < -0.3 is 37.5 Å². The van der Waals surface area contributed by atoms with Gasteiger partial charge in [0.2, 0.25) is 23.6 Å². The molecule has 0 saturated heterocycles. The Hall–Kier alpha value is -3.13. The molecule has 0 aliphatic rings. The Bertz CT molecular complexity index is 772. The van der Waals surface area contributed by atoms with Gasteiger partial charge in [0.05, 0.1) is 18.8 Å². The minimum atomic E-state index is -1.28. The molecule has 4 atom stereocenters. The van der Waals surface area contributed by atoms with E-state index in [0.717, 1.165) is 0 Å². The van der Waals surface area contributed by atoms with Crippen LogP contribution in [0.15, 0.2) is 12.5 Å². The second-order valence-corrected chi connectivity index (χ2v) is 6.80. The zero-order chi connectivity index (χ0) is 22.8. The van der Waals surface area contributed by atoms with Gasteiger partial charge in [-0.1, -0.05) is 0 Å². The highest BCUT2D eigenvalue weighted by Gasteiger charge is 2.29. The van der Waals surface area contributed by atoms with E-state index in [9.17, 15) is 24.0 Å². The zero-order valence-corrected chi connectivity index (χ0v) is 17.0. The number of thiol groups is 1. The van der Waals surface area contributed by atoms with Crippen molar-refractivity contribution in [2.24, 2.45) is 11.5 Å². The molecule has 0 saturated carbocycles. The first kappa shape index (κ1) is 24.9. The quantitative estimate of drug-likeness (QED) is 0.152. The first-order chi connectivity index (χ1) is 14.0. The molecular formula is C16H25N7O6S. The summed E-state index contributed by atoms with van der Waals surface area (Å²) in [4.78, 5) is 65.5. The summed E-state index contributed by atoms with van der Waals surface area (Å²) in [6, 6.07) is -4.76. The summed E-state index contributed by atoms with van der Waals surface area (Å²) in [5.41, 5.74) is 11.0. The fraction of sp³-hybridized carbons (Fsp3) is 0.500. The third-order valence-corrected chi connectivity index (χ3v) is 4.28. The van der Waals surface area contributed by atoms with Crippen molar-refractivity contribution in [2.45, 2.75) is 43.9 Å². The summed E-state index contributed by atoms with van der Waals surface area (Å²) >= 11 is 3.88. The van der Waals surface area contributed by atoms with Crippen LogP contribution in [0.5, 0.6) is 0 Å². The SMILES string of the molecule is CC(NC(=O)C(N)CC(N)=O)C(=O)NC(Cc1cnc[nH]1)C(=O)NC(CS)C(=O)O. The molecule has 1 aromatic heterocycles. The van der Waals surface area contributed by atoms with Gasteiger partial charge in [-0.15, -0.1) is 0 Å². The Kier molecular flexibility index (Phi) is 9.77. The molecule has 9 N–H and O–H groups in total. The lowest BCUT2D eigenvalue weighted by molar-refractivity contribution is -0.141. The van der Waals surface area contributed by atoms with Crippen LogP contribution >= 0.6 is 12.6 Å². The van der Waals surface area contributed by atoms with Crippen molar-refractivity contribution in [2.75, 3.05) is 5.75 Å². The number of rotatable bonds is 12. The predicted octanol–water partition coefficient (Wildman–Crippen LogP) is -3.36. The van der Waals surface area contributed by atoms with Gasteiger partial charge in [-0.25, -0.2) is 9.78 Å². The Morgan fingerprint density at radius 2 is 1.77 bits per heavy atom. The number of carboxylic acid groups (broad SMARTS) is 1. The lowest BCUT2D eigenvalue weighted by Gasteiger charge is -2.23. The van der Waals surface area contributed by atoms with Crippen LogP contribution in [0.25, 0.3) is 0 Å². The maximum Gasteiger partial charge on any atom is 0.327 e. The summed E-state index contributed by atoms with van der Waals surface area (Å²) in [5.74, 6) is -4.48. The molecule has 1 aromatic rings. The number of carboxylic acids is 1. The smallest absolute Gasteiger partial charge is 0.327 e. The first-order valence-electron chi connectivity index (χ1n) is 8.81. The normalized spacial score (nSPS) is 14.6. The number of amides is 4. The largest absolute Gasteiger partial charge is 0.480 e. The number of aromatic amines is 1. The van der Waals surface area contributed by atoms with Crippen LogP contribution in [-0.2, 0) is 30.4 Å². The van der Waals surface area contributed by atoms with Crippen molar-refractivity contribution in [3.63, 3.8) is 0 Å². The van der Waals surface area contributed by atoms with Crippen LogP contribution in [0.2, 0.25) is 0 Å². The highest BCUT2D eigenvalue weighted by molar-refractivity contribution is 7.80. The number of imidazole rings is 1. The predicted molar refractivity (Wildman–Crippen MR) is 107 cm³/mol. The molecule has 4 unspecified atom stereocenters. The van der Waals surface area contributed by atoms with Crippen molar-refractivity contribution in [1.82, 2.24) is 25.9 Å². The van der Waals surface area contributed by atoms with Crippen LogP contribution in [0, 0.1) is 0 Å².